The molecule has 3 nitrogen and oxygen atoms in total. The zero-order valence-corrected chi connectivity index (χ0v) is 20.5. The molecule has 2 fully saturated rings. The number of nitrogens with zero attached hydrogens (tertiary/aromatic N) is 1. The van der Waals surface area contributed by atoms with Crippen LogP contribution >= 0.6 is 11.3 Å². The third kappa shape index (κ3) is 3.01. The van der Waals surface area contributed by atoms with Gasteiger partial charge >= 0.3 is 0 Å². The molecule has 2 saturated carbocycles. The summed E-state index contributed by atoms with van der Waals surface area (Å²) in [5, 5.41) is 15.9. The molecule has 0 radical (unpaired) electrons. The number of fused-ring (bicyclic) bond motifs is 7. The van der Waals surface area contributed by atoms with Crippen LogP contribution in [0.4, 0.5) is 5.13 Å². The van der Waals surface area contributed by atoms with Gasteiger partial charge in [0.05, 0.1) is 10.6 Å². The normalized spacial score (nSPS) is 38.8. The number of terminal acetylenes is 1. The number of aryl methyl sites for hydroxylation is 1. The number of hydrogen-bond acceptors (Lipinski definition) is 4. The minimum Gasteiger partial charge on any atom is -0.377 e. The molecule has 1 aromatic carbocycles. The second-order valence-electron chi connectivity index (χ2n) is 11.3. The number of nitrogens with one attached hydrogen (secondary N) is 1. The molecule has 0 bridgehead atoms. The van der Waals surface area contributed by atoms with E-state index in [1.807, 2.05) is 11.3 Å². The fourth-order valence-corrected chi connectivity index (χ4v) is 9.16. The van der Waals surface area contributed by atoms with Crippen LogP contribution in [0.1, 0.15) is 68.5 Å². The number of aromatic nitrogens is 1. The maximum atomic E-state index is 11.2. The van der Waals surface area contributed by atoms with Crippen LogP contribution in [0.15, 0.2) is 36.4 Å². The molecule has 2 aromatic rings. The first-order valence-corrected chi connectivity index (χ1v) is 13.4. The first kappa shape index (κ1) is 21.4. The molecule has 0 amide bonds. The van der Waals surface area contributed by atoms with E-state index in [2.05, 4.69) is 61.5 Å². The van der Waals surface area contributed by atoms with E-state index in [1.54, 1.807) is 5.57 Å². The van der Waals surface area contributed by atoms with Crippen molar-refractivity contribution in [1.82, 2.24) is 4.98 Å². The van der Waals surface area contributed by atoms with E-state index < -0.39 is 5.60 Å². The molecule has 4 aliphatic rings. The van der Waals surface area contributed by atoms with Crippen molar-refractivity contribution in [2.24, 2.45) is 28.6 Å². The van der Waals surface area contributed by atoms with Crippen LogP contribution in [0.5, 0.6) is 0 Å². The number of rotatable bonds is 3. The molecule has 0 unspecified atom stereocenters. The van der Waals surface area contributed by atoms with Gasteiger partial charge in [0.1, 0.15) is 5.60 Å². The van der Waals surface area contributed by atoms with Crippen LogP contribution in [0.25, 0.3) is 5.57 Å². The molecule has 1 heterocycles. The van der Waals surface area contributed by atoms with Crippen molar-refractivity contribution in [2.45, 2.75) is 70.9 Å². The first-order chi connectivity index (χ1) is 15.9. The maximum Gasteiger partial charge on any atom is 0.183 e. The molecule has 33 heavy (non-hydrogen) atoms. The van der Waals surface area contributed by atoms with E-state index in [-0.39, 0.29) is 10.8 Å². The summed E-state index contributed by atoms with van der Waals surface area (Å²) in [5.41, 5.74) is 3.25. The topological polar surface area (TPSA) is 45.1 Å². The Labute approximate surface area is 201 Å². The van der Waals surface area contributed by atoms with Crippen LogP contribution in [0, 0.1) is 40.9 Å². The highest BCUT2D eigenvalue weighted by molar-refractivity contribution is 7.16. The van der Waals surface area contributed by atoms with Crippen molar-refractivity contribution >= 4 is 22.0 Å². The SMILES string of the molecule is C#C[C@]1(O)CC[C@H]2[C@@H]3CC=C4c5sc(NCc6ccccc6)nc5CC[C@]4(C)[C@H]3CC[C@@]21C. The third-order valence-corrected chi connectivity index (χ3v) is 11.1. The van der Waals surface area contributed by atoms with E-state index in [9.17, 15) is 5.11 Å². The molecule has 1 aromatic heterocycles. The molecule has 0 saturated heterocycles. The number of aliphatic hydroxyl groups is 1. The smallest absolute Gasteiger partial charge is 0.183 e. The number of benzene rings is 1. The van der Waals surface area contributed by atoms with Crippen LogP contribution in [0.2, 0.25) is 0 Å². The van der Waals surface area contributed by atoms with E-state index >= 15 is 0 Å². The van der Waals surface area contributed by atoms with Gasteiger partial charge in [0, 0.05) is 12.0 Å². The zero-order chi connectivity index (χ0) is 22.8. The van der Waals surface area contributed by atoms with Crippen LogP contribution in [0.3, 0.4) is 0 Å². The molecule has 172 valence electrons. The Balaban J connectivity index is 1.28. The Bertz CT molecular complexity index is 1150. The van der Waals surface area contributed by atoms with Crippen molar-refractivity contribution in [3.05, 3.63) is 52.5 Å². The molecule has 2 N–H and O–H groups in total. The average Bonchev–Trinajstić information content (AvgIpc) is 3.36. The van der Waals surface area contributed by atoms with Crippen LogP contribution < -0.4 is 5.32 Å². The van der Waals surface area contributed by atoms with Crippen molar-refractivity contribution in [1.29, 1.82) is 0 Å². The summed E-state index contributed by atoms with van der Waals surface area (Å²) >= 11 is 1.84. The molecule has 4 heteroatoms. The number of thiazole rings is 1. The average molecular weight is 459 g/mol. The van der Waals surface area contributed by atoms with E-state index in [1.165, 1.54) is 29.0 Å². The lowest BCUT2D eigenvalue weighted by atomic mass is 9.47. The summed E-state index contributed by atoms with van der Waals surface area (Å²) < 4.78 is 0. The maximum absolute atomic E-state index is 11.2. The van der Waals surface area contributed by atoms with Crippen LogP contribution in [-0.2, 0) is 13.0 Å². The van der Waals surface area contributed by atoms with Gasteiger partial charge in [-0.2, -0.15) is 0 Å². The second-order valence-corrected chi connectivity index (χ2v) is 12.3. The van der Waals surface area contributed by atoms with E-state index in [0.29, 0.717) is 17.8 Å². The van der Waals surface area contributed by atoms with Crippen molar-refractivity contribution < 1.29 is 5.11 Å². The molecule has 0 spiro atoms. The van der Waals surface area contributed by atoms with Gasteiger partial charge < -0.3 is 10.4 Å². The van der Waals surface area contributed by atoms with Crippen molar-refractivity contribution in [3.8, 4) is 12.3 Å². The van der Waals surface area contributed by atoms with Crippen LogP contribution in [-0.4, -0.2) is 15.7 Å². The second kappa shape index (κ2) is 7.45. The summed E-state index contributed by atoms with van der Waals surface area (Å²) in [6, 6.07) is 10.5. The van der Waals surface area contributed by atoms with Crippen molar-refractivity contribution in [2.75, 3.05) is 5.32 Å². The van der Waals surface area contributed by atoms with E-state index in [0.717, 1.165) is 43.8 Å². The monoisotopic (exact) mass is 458 g/mol. The van der Waals surface area contributed by atoms with Crippen molar-refractivity contribution in [3.63, 3.8) is 0 Å². The Morgan fingerprint density at radius 2 is 1.94 bits per heavy atom. The van der Waals surface area contributed by atoms with Gasteiger partial charge in [-0.1, -0.05) is 67.5 Å². The highest BCUT2D eigenvalue weighted by Crippen LogP contribution is 2.68. The summed E-state index contributed by atoms with van der Waals surface area (Å²) in [6.45, 7) is 5.60. The first-order valence-electron chi connectivity index (χ1n) is 12.6. The standard InChI is InChI=1S/C29H34N2OS/c1-4-29(32)17-13-22-20-10-11-23-25-24(14-15-27(23,2)21(20)12-16-28(22,29)3)31-26(33-25)30-18-19-8-6-5-7-9-19/h1,5-9,11,20-22,32H,10,12-18H2,2-3H3,(H,30,31)/t20-,21+,22+,27-,28+,29+/m1/s1. The number of allylic oxidation sites excluding steroid dienone is 2. The molecular formula is C29H34N2OS. The predicted octanol–water partition coefficient (Wildman–Crippen LogP) is 6.30. The third-order valence-electron chi connectivity index (χ3n) is 9.96. The van der Waals surface area contributed by atoms with Gasteiger partial charge in [-0.15, -0.1) is 6.42 Å². The quantitative estimate of drug-likeness (QED) is 0.531. The fourth-order valence-electron chi connectivity index (χ4n) is 7.98. The summed E-state index contributed by atoms with van der Waals surface area (Å²) in [6.07, 6.45) is 15.8. The summed E-state index contributed by atoms with van der Waals surface area (Å²) in [5.74, 6) is 4.64. The van der Waals surface area contributed by atoms with Gasteiger partial charge in [-0.3, -0.25) is 0 Å². The Hall–Kier alpha value is -2.09. The molecular weight excluding hydrogens is 424 g/mol. The van der Waals surface area contributed by atoms with Gasteiger partial charge in [0.2, 0.25) is 0 Å². The van der Waals surface area contributed by atoms with Gasteiger partial charge in [0.15, 0.2) is 5.13 Å². The Morgan fingerprint density at radius 3 is 2.73 bits per heavy atom. The molecule has 6 rings (SSSR count). The molecule has 0 aliphatic heterocycles. The highest BCUT2D eigenvalue weighted by Gasteiger charge is 2.63. The lowest BCUT2D eigenvalue weighted by molar-refractivity contribution is -0.0886. The van der Waals surface area contributed by atoms with E-state index in [4.69, 9.17) is 11.4 Å². The summed E-state index contributed by atoms with van der Waals surface area (Å²) in [4.78, 5) is 6.41. The Morgan fingerprint density at radius 1 is 1.15 bits per heavy atom. The zero-order valence-electron chi connectivity index (χ0n) is 19.7. The lowest BCUT2D eigenvalue weighted by Crippen LogP contribution is -2.53. The fraction of sp³-hybridized carbons (Fsp3) is 0.552. The number of hydrogen-bond donors (Lipinski definition) is 2. The molecule has 6 atom stereocenters. The van der Waals surface area contributed by atoms with Gasteiger partial charge in [0.25, 0.3) is 0 Å². The minimum atomic E-state index is -0.926. The highest BCUT2D eigenvalue weighted by atomic mass is 32.1. The lowest BCUT2D eigenvalue weighted by Gasteiger charge is -2.57. The minimum absolute atomic E-state index is 0.135. The Kier molecular flexibility index (Phi) is 4.84. The largest absolute Gasteiger partial charge is 0.377 e. The van der Waals surface area contributed by atoms with Gasteiger partial charge in [-0.25, -0.2) is 4.98 Å². The molecule has 4 aliphatic carbocycles. The summed E-state index contributed by atoms with van der Waals surface area (Å²) in [7, 11) is 0. The predicted molar refractivity (Wildman–Crippen MR) is 136 cm³/mol. The number of anilines is 1. The van der Waals surface area contributed by atoms with Gasteiger partial charge in [-0.05, 0) is 79.3 Å².